The highest BCUT2D eigenvalue weighted by atomic mass is 35.5. The summed E-state index contributed by atoms with van der Waals surface area (Å²) in [4.78, 5) is 12.3. The van der Waals surface area contributed by atoms with E-state index in [4.69, 9.17) is 11.6 Å². The van der Waals surface area contributed by atoms with Crippen LogP contribution in [0.3, 0.4) is 0 Å². The van der Waals surface area contributed by atoms with Crippen LogP contribution < -0.4 is 0 Å². The average Bonchev–Trinajstić information content (AvgIpc) is 2.80. The van der Waals surface area contributed by atoms with Gasteiger partial charge in [-0.1, -0.05) is 16.8 Å². The fraction of sp³-hybridized carbons (Fsp3) is 0.0714. The van der Waals surface area contributed by atoms with E-state index in [9.17, 15) is 4.79 Å². The molecule has 4 nitrogen and oxygen atoms in total. The van der Waals surface area contributed by atoms with Crippen molar-refractivity contribution < 1.29 is 4.79 Å². The maximum atomic E-state index is 12.3. The first kappa shape index (κ1) is 11.9. The molecule has 3 aromatic rings. The molecule has 0 bridgehead atoms. The molecule has 5 heteroatoms. The van der Waals surface area contributed by atoms with Gasteiger partial charge >= 0.3 is 0 Å². The van der Waals surface area contributed by atoms with Gasteiger partial charge in [-0.05, 0) is 42.5 Å². The summed E-state index contributed by atoms with van der Waals surface area (Å²) < 4.78 is 1.65. The van der Waals surface area contributed by atoms with Gasteiger partial charge in [0.1, 0.15) is 5.52 Å². The van der Waals surface area contributed by atoms with E-state index in [2.05, 4.69) is 10.3 Å². The summed E-state index contributed by atoms with van der Waals surface area (Å²) >= 11 is 5.82. The van der Waals surface area contributed by atoms with Gasteiger partial charge in [0.15, 0.2) is 5.78 Å². The highest BCUT2D eigenvalue weighted by Gasteiger charge is 2.11. The van der Waals surface area contributed by atoms with Crippen molar-refractivity contribution >= 4 is 28.4 Å². The molecule has 0 aliphatic heterocycles. The second-order valence-electron chi connectivity index (χ2n) is 4.25. The minimum absolute atomic E-state index is 0.0419. The Bertz CT molecular complexity index is 762. The summed E-state index contributed by atoms with van der Waals surface area (Å²) in [6, 6.07) is 12.2. The largest absolute Gasteiger partial charge is 0.289 e. The smallest absolute Gasteiger partial charge is 0.193 e. The van der Waals surface area contributed by atoms with Crippen LogP contribution >= 0.6 is 11.6 Å². The molecule has 1 aromatic heterocycles. The van der Waals surface area contributed by atoms with Gasteiger partial charge in [-0.15, -0.1) is 5.10 Å². The van der Waals surface area contributed by atoms with Crippen LogP contribution in [0.5, 0.6) is 0 Å². The second kappa shape index (κ2) is 4.48. The lowest BCUT2D eigenvalue weighted by Crippen LogP contribution is -2.01. The molecule has 0 unspecified atom stereocenters. The number of benzene rings is 2. The van der Waals surface area contributed by atoms with Crippen LogP contribution in [-0.4, -0.2) is 20.8 Å². The maximum absolute atomic E-state index is 12.3. The fourth-order valence-electron chi connectivity index (χ4n) is 1.94. The Labute approximate surface area is 114 Å². The average molecular weight is 272 g/mol. The van der Waals surface area contributed by atoms with E-state index in [-0.39, 0.29) is 5.78 Å². The Kier molecular flexibility index (Phi) is 2.80. The van der Waals surface area contributed by atoms with Crippen molar-refractivity contribution in [1.29, 1.82) is 0 Å². The normalized spacial score (nSPS) is 10.8. The number of rotatable bonds is 2. The molecule has 1 heterocycles. The molecule has 0 atom stereocenters. The summed E-state index contributed by atoms with van der Waals surface area (Å²) in [5, 5.41) is 8.52. The van der Waals surface area contributed by atoms with E-state index in [0.29, 0.717) is 16.1 Å². The molecule has 3 rings (SSSR count). The van der Waals surface area contributed by atoms with Crippen molar-refractivity contribution in [1.82, 2.24) is 15.0 Å². The molecule has 0 N–H and O–H groups in total. The Morgan fingerprint density at radius 2 is 1.79 bits per heavy atom. The van der Waals surface area contributed by atoms with Crippen LogP contribution in [0.25, 0.3) is 11.0 Å². The van der Waals surface area contributed by atoms with Crippen LogP contribution in [0.2, 0.25) is 5.02 Å². The molecule has 0 amide bonds. The van der Waals surface area contributed by atoms with Crippen LogP contribution in [0.4, 0.5) is 0 Å². The van der Waals surface area contributed by atoms with Gasteiger partial charge in [0.05, 0.1) is 5.52 Å². The highest BCUT2D eigenvalue weighted by Crippen LogP contribution is 2.17. The zero-order valence-electron chi connectivity index (χ0n) is 10.2. The van der Waals surface area contributed by atoms with E-state index in [0.717, 1.165) is 11.0 Å². The van der Waals surface area contributed by atoms with E-state index in [1.807, 2.05) is 0 Å². The first-order chi connectivity index (χ1) is 9.15. The molecule has 0 saturated heterocycles. The molecule has 19 heavy (non-hydrogen) atoms. The third-order valence-corrected chi connectivity index (χ3v) is 3.23. The number of halogens is 1. The first-order valence-corrected chi connectivity index (χ1v) is 6.12. The van der Waals surface area contributed by atoms with Gasteiger partial charge in [-0.25, -0.2) is 4.68 Å². The molecule has 2 aromatic carbocycles. The van der Waals surface area contributed by atoms with Gasteiger partial charge in [-0.3, -0.25) is 4.79 Å². The molecule has 0 aliphatic carbocycles. The molecule has 0 saturated carbocycles. The number of nitrogens with zero attached hydrogens (tertiary/aromatic N) is 3. The summed E-state index contributed by atoms with van der Waals surface area (Å²) in [6.07, 6.45) is 0. The quantitative estimate of drug-likeness (QED) is 0.674. The summed E-state index contributed by atoms with van der Waals surface area (Å²) in [5.41, 5.74) is 2.83. The minimum Gasteiger partial charge on any atom is -0.289 e. The number of aryl methyl sites for hydroxylation is 1. The molecule has 0 radical (unpaired) electrons. The lowest BCUT2D eigenvalue weighted by molar-refractivity contribution is 0.103. The lowest BCUT2D eigenvalue weighted by Gasteiger charge is -2.02. The van der Waals surface area contributed by atoms with Crippen molar-refractivity contribution in [2.24, 2.45) is 7.05 Å². The van der Waals surface area contributed by atoms with E-state index >= 15 is 0 Å². The second-order valence-corrected chi connectivity index (χ2v) is 4.69. The summed E-state index contributed by atoms with van der Waals surface area (Å²) in [5.74, 6) is -0.0419. The Balaban J connectivity index is 2.05. The number of hydrogen-bond acceptors (Lipinski definition) is 3. The van der Waals surface area contributed by atoms with Crippen molar-refractivity contribution in [3.05, 3.63) is 58.6 Å². The highest BCUT2D eigenvalue weighted by molar-refractivity contribution is 6.30. The molecule has 0 aliphatic rings. The van der Waals surface area contributed by atoms with Gasteiger partial charge in [0.25, 0.3) is 0 Å². The van der Waals surface area contributed by atoms with Gasteiger partial charge < -0.3 is 0 Å². The molecule has 0 fully saturated rings. The summed E-state index contributed by atoms with van der Waals surface area (Å²) in [7, 11) is 1.80. The van der Waals surface area contributed by atoms with Crippen LogP contribution in [-0.2, 0) is 7.05 Å². The van der Waals surface area contributed by atoms with Gasteiger partial charge in [0, 0.05) is 23.2 Å². The zero-order valence-corrected chi connectivity index (χ0v) is 10.9. The van der Waals surface area contributed by atoms with Crippen molar-refractivity contribution in [3.63, 3.8) is 0 Å². The van der Waals surface area contributed by atoms with Crippen LogP contribution in [0, 0.1) is 0 Å². The maximum Gasteiger partial charge on any atom is 0.193 e. The number of ketones is 1. The minimum atomic E-state index is -0.0419. The SMILES string of the molecule is Cn1nnc2ccc(C(=O)c3ccc(Cl)cc3)cc21. The molecular weight excluding hydrogens is 262 g/mol. The van der Waals surface area contributed by atoms with E-state index in [1.165, 1.54) is 0 Å². The zero-order chi connectivity index (χ0) is 13.4. The van der Waals surface area contributed by atoms with Crippen LogP contribution in [0.1, 0.15) is 15.9 Å². The summed E-state index contributed by atoms with van der Waals surface area (Å²) in [6.45, 7) is 0. The van der Waals surface area contributed by atoms with E-state index < -0.39 is 0 Å². The van der Waals surface area contributed by atoms with Crippen molar-refractivity contribution in [2.45, 2.75) is 0 Å². The molecular formula is C14H10ClN3O. The van der Waals surface area contributed by atoms with Crippen molar-refractivity contribution in [3.8, 4) is 0 Å². The number of carbonyl (C=O) groups is 1. The molecule has 0 spiro atoms. The fourth-order valence-corrected chi connectivity index (χ4v) is 2.07. The standard InChI is InChI=1S/C14H10ClN3O/c1-18-13-8-10(4-7-12(13)16-17-18)14(19)9-2-5-11(15)6-3-9/h2-8H,1H3. The predicted octanol–water partition coefficient (Wildman–Crippen LogP) is 2.85. The monoisotopic (exact) mass is 271 g/mol. The van der Waals surface area contributed by atoms with E-state index in [1.54, 1.807) is 54.2 Å². The third kappa shape index (κ3) is 2.11. The van der Waals surface area contributed by atoms with Gasteiger partial charge in [-0.2, -0.15) is 0 Å². The van der Waals surface area contributed by atoms with Crippen LogP contribution in [0.15, 0.2) is 42.5 Å². The van der Waals surface area contributed by atoms with Gasteiger partial charge in [0.2, 0.25) is 0 Å². The lowest BCUT2D eigenvalue weighted by atomic mass is 10.0. The number of hydrogen-bond donors (Lipinski definition) is 0. The number of carbonyl (C=O) groups excluding carboxylic acids is 1. The number of aromatic nitrogens is 3. The third-order valence-electron chi connectivity index (χ3n) is 2.98. The topological polar surface area (TPSA) is 47.8 Å². The Hall–Kier alpha value is -2.20. The Morgan fingerprint density at radius 3 is 2.53 bits per heavy atom. The first-order valence-electron chi connectivity index (χ1n) is 5.75. The van der Waals surface area contributed by atoms with Crippen molar-refractivity contribution in [2.75, 3.05) is 0 Å². The predicted molar refractivity (Wildman–Crippen MR) is 73.4 cm³/mol. The number of fused-ring (bicyclic) bond motifs is 1. The Morgan fingerprint density at radius 1 is 1.11 bits per heavy atom. The molecule has 94 valence electrons.